The van der Waals surface area contributed by atoms with Gasteiger partial charge in [0.25, 0.3) is 11.8 Å². The minimum Gasteiger partial charge on any atom is -0.459 e. The maximum atomic E-state index is 12.2. The molecule has 2 heterocycles. The summed E-state index contributed by atoms with van der Waals surface area (Å²) in [5, 5.41) is 5.62. The van der Waals surface area contributed by atoms with E-state index in [1.165, 1.54) is 12.3 Å². The lowest BCUT2D eigenvalue weighted by Crippen LogP contribution is -2.14. The largest absolute Gasteiger partial charge is 0.459 e. The van der Waals surface area contributed by atoms with Crippen molar-refractivity contribution >= 4 is 35.1 Å². The Morgan fingerprint density at radius 1 is 1.08 bits per heavy atom. The minimum atomic E-state index is -0.528. The van der Waals surface area contributed by atoms with Crippen LogP contribution >= 0.6 is 11.6 Å². The van der Waals surface area contributed by atoms with Crippen molar-refractivity contribution in [1.82, 2.24) is 4.98 Å². The van der Waals surface area contributed by atoms with Crippen LogP contribution in [0.4, 0.5) is 11.7 Å². The Bertz CT molecular complexity index is 887. The van der Waals surface area contributed by atoms with E-state index in [1.54, 1.807) is 31.2 Å². The highest BCUT2D eigenvalue weighted by molar-refractivity contribution is 6.31. The van der Waals surface area contributed by atoms with Crippen molar-refractivity contribution < 1.29 is 18.4 Å². The van der Waals surface area contributed by atoms with Crippen LogP contribution in [0.2, 0.25) is 5.02 Å². The highest BCUT2D eigenvalue weighted by Crippen LogP contribution is 2.23. The smallest absolute Gasteiger partial charge is 0.302 e. The van der Waals surface area contributed by atoms with Crippen molar-refractivity contribution in [2.24, 2.45) is 0 Å². The SMILES string of the molecule is Cc1c(Cl)cccc1NC(=O)c1coc(NC(=O)c2ccco2)n1. The number of nitrogens with one attached hydrogen (secondary N) is 2. The van der Waals surface area contributed by atoms with Gasteiger partial charge in [0, 0.05) is 10.7 Å². The predicted octanol–water partition coefficient (Wildman–Crippen LogP) is 3.73. The van der Waals surface area contributed by atoms with Gasteiger partial charge >= 0.3 is 6.01 Å². The Hall–Kier alpha value is -3.06. The lowest BCUT2D eigenvalue weighted by atomic mass is 10.2. The molecule has 0 radical (unpaired) electrons. The first-order chi connectivity index (χ1) is 11.5. The highest BCUT2D eigenvalue weighted by atomic mass is 35.5. The normalized spacial score (nSPS) is 10.4. The number of amides is 2. The minimum absolute atomic E-state index is 0.0177. The Balaban J connectivity index is 1.70. The van der Waals surface area contributed by atoms with Gasteiger partial charge in [-0.15, -0.1) is 0 Å². The first kappa shape index (κ1) is 15.8. The van der Waals surface area contributed by atoms with Gasteiger partial charge in [0.1, 0.15) is 6.26 Å². The summed E-state index contributed by atoms with van der Waals surface area (Å²) in [5.74, 6) is -0.907. The van der Waals surface area contributed by atoms with Crippen LogP contribution in [-0.2, 0) is 0 Å². The second kappa shape index (κ2) is 6.59. The standard InChI is InChI=1S/C16H12ClN3O4/c1-9-10(17)4-2-5-11(9)18-14(21)12-8-24-16(19-12)20-15(22)13-6-3-7-23-13/h2-8H,1H3,(H,18,21)(H,19,20,22). The molecule has 2 N–H and O–H groups in total. The number of halogens is 1. The summed E-state index contributed by atoms with van der Waals surface area (Å²) in [4.78, 5) is 27.9. The molecule has 0 aliphatic rings. The van der Waals surface area contributed by atoms with Gasteiger partial charge in [-0.2, -0.15) is 4.98 Å². The van der Waals surface area contributed by atoms with Crippen LogP contribution in [-0.4, -0.2) is 16.8 Å². The van der Waals surface area contributed by atoms with Gasteiger partial charge in [-0.3, -0.25) is 14.9 Å². The van der Waals surface area contributed by atoms with Crippen molar-refractivity contribution in [3.8, 4) is 0 Å². The number of carbonyl (C=O) groups excluding carboxylic acids is 2. The van der Waals surface area contributed by atoms with Crippen molar-refractivity contribution in [3.05, 3.63) is 64.9 Å². The molecule has 0 bridgehead atoms. The molecular formula is C16H12ClN3O4. The van der Waals surface area contributed by atoms with E-state index in [9.17, 15) is 9.59 Å². The number of furan rings is 1. The Labute approximate surface area is 141 Å². The van der Waals surface area contributed by atoms with Crippen molar-refractivity contribution in [2.45, 2.75) is 6.92 Å². The lowest BCUT2D eigenvalue weighted by Gasteiger charge is -2.07. The molecule has 0 fully saturated rings. The predicted molar refractivity (Wildman–Crippen MR) is 87.3 cm³/mol. The number of aromatic nitrogens is 1. The highest BCUT2D eigenvalue weighted by Gasteiger charge is 2.17. The molecule has 8 heteroatoms. The summed E-state index contributed by atoms with van der Waals surface area (Å²) in [7, 11) is 0. The monoisotopic (exact) mass is 345 g/mol. The number of nitrogens with zero attached hydrogens (tertiary/aromatic N) is 1. The van der Waals surface area contributed by atoms with E-state index in [-0.39, 0.29) is 17.5 Å². The van der Waals surface area contributed by atoms with E-state index >= 15 is 0 Å². The van der Waals surface area contributed by atoms with Crippen molar-refractivity contribution in [3.63, 3.8) is 0 Å². The average Bonchev–Trinajstić information content (AvgIpc) is 3.23. The van der Waals surface area contributed by atoms with Crippen LogP contribution in [0.5, 0.6) is 0 Å². The molecule has 3 rings (SSSR count). The van der Waals surface area contributed by atoms with E-state index < -0.39 is 11.8 Å². The van der Waals surface area contributed by atoms with E-state index in [0.29, 0.717) is 10.7 Å². The molecule has 0 spiro atoms. The van der Waals surface area contributed by atoms with Gasteiger partial charge in [0.15, 0.2) is 11.5 Å². The second-order valence-electron chi connectivity index (χ2n) is 4.84. The summed E-state index contributed by atoms with van der Waals surface area (Å²) in [5.41, 5.74) is 1.32. The number of anilines is 2. The first-order valence-corrected chi connectivity index (χ1v) is 7.29. The Morgan fingerprint density at radius 2 is 1.92 bits per heavy atom. The second-order valence-corrected chi connectivity index (χ2v) is 5.24. The van der Waals surface area contributed by atoms with Crippen LogP contribution < -0.4 is 10.6 Å². The quantitative estimate of drug-likeness (QED) is 0.750. The molecule has 0 atom stereocenters. The van der Waals surface area contributed by atoms with Crippen LogP contribution in [0.1, 0.15) is 26.6 Å². The molecule has 7 nitrogen and oxygen atoms in total. The average molecular weight is 346 g/mol. The molecule has 24 heavy (non-hydrogen) atoms. The van der Waals surface area contributed by atoms with Gasteiger partial charge in [-0.1, -0.05) is 17.7 Å². The van der Waals surface area contributed by atoms with Gasteiger partial charge in [-0.05, 0) is 36.8 Å². The van der Waals surface area contributed by atoms with E-state index in [2.05, 4.69) is 15.6 Å². The fourth-order valence-electron chi connectivity index (χ4n) is 1.93. The number of carbonyl (C=O) groups is 2. The number of rotatable bonds is 4. The molecule has 1 aromatic carbocycles. The summed E-state index contributed by atoms with van der Waals surface area (Å²) in [6.07, 6.45) is 2.52. The third-order valence-corrected chi connectivity index (χ3v) is 3.63. The summed E-state index contributed by atoms with van der Waals surface area (Å²) >= 11 is 6.01. The zero-order chi connectivity index (χ0) is 17.1. The zero-order valence-corrected chi connectivity index (χ0v) is 13.3. The van der Waals surface area contributed by atoms with E-state index in [1.807, 2.05) is 0 Å². The summed E-state index contributed by atoms with van der Waals surface area (Å²) in [6.45, 7) is 1.79. The summed E-state index contributed by atoms with van der Waals surface area (Å²) < 4.78 is 10.0. The van der Waals surface area contributed by atoms with Crippen LogP contribution in [0.15, 0.2) is 51.7 Å². The Morgan fingerprint density at radius 3 is 2.67 bits per heavy atom. The molecular weight excluding hydrogens is 334 g/mol. The molecule has 0 saturated carbocycles. The fourth-order valence-corrected chi connectivity index (χ4v) is 2.11. The molecule has 122 valence electrons. The summed E-state index contributed by atoms with van der Waals surface area (Å²) in [6, 6.07) is 8.14. The molecule has 0 aliphatic heterocycles. The Kier molecular flexibility index (Phi) is 4.35. The van der Waals surface area contributed by atoms with Gasteiger partial charge in [0.2, 0.25) is 0 Å². The first-order valence-electron chi connectivity index (χ1n) is 6.91. The number of benzene rings is 1. The van der Waals surface area contributed by atoms with Gasteiger partial charge < -0.3 is 14.2 Å². The van der Waals surface area contributed by atoms with Gasteiger partial charge in [0.05, 0.1) is 6.26 Å². The lowest BCUT2D eigenvalue weighted by molar-refractivity contribution is 0.0990. The number of hydrogen-bond acceptors (Lipinski definition) is 5. The molecule has 0 aliphatic carbocycles. The fraction of sp³-hybridized carbons (Fsp3) is 0.0625. The molecule has 0 saturated heterocycles. The van der Waals surface area contributed by atoms with Gasteiger partial charge in [-0.25, -0.2) is 0 Å². The third kappa shape index (κ3) is 3.31. The van der Waals surface area contributed by atoms with E-state index in [0.717, 1.165) is 11.8 Å². The van der Waals surface area contributed by atoms with Crippen LogP contribution in [0.25, 0.3) is 0 Å². The molecule has 2 aromatic heterocycles. The molecule has 2 amide bonds. The van der Waals surface area contributed by atoms with Crippen molar-refractivity contribution in [2.75, 3.05) is 10.6 Å². The van der Waals surface area contributed by atoms with E-state index in [4.69, 9.17) is 20.4 Å². The molecule has 3 aromatic rings. The maximum Gasteiger partial charge on any atom is 0.302 e. The number of oxazole rings is 1. The van der Waals surface area contributed by atoms with Crippen molar-refractivity contribution in [1.29, 1.82) is 0 Å². The molecule has 0 unspecified atom stereocenters. The third-order valence-electron chi connectivity index (χ3n) is 3.22. The van der Waals surface area contributed by atoms with Crippen LogP contribution in [0.3, 0.4) is 0 Å². The number of hydrogen-bond donors (Lipinski definition) is 2. The van der Waals surface area contributed by atoms with Crippen LogP contribution in [0, 0.1) is 6.92 Å². The maximum absolute atomic E-state index is 12.2. The topological polar surface area (TPSA) is 97.4 Å². The zero-order valence-electron chi connectivity index (χ0n) is 12.5.